The predicted octanol–water partition coefficient (Wildman–Crippen LogP) is 3.72. The van der Waals surface area contributed by atoms with Crippen molar-refractivity contribution in [3.63, 3.8) is 0 Å². The third-order valence-corrected chi connectivity index (χ3v) is 3.76. The fourth-order valence-corrected chi connectivity index (χ4v) is 2.51. The minimum absolute atomic E-state index is 0.136. The molecule has 0 radical (unpaired) electrons. The second-order valence-electron chi connectivity index (χ2n) is 5.47. The number of hydrogen-bond acceptors (Lipinski definition) is 3. The molecule has 2 rings (SSSR count). The molecular formula is C20H20O3. The second-order valence-corrected chi connectivity index (χ2v) is 5.47. The van der Waals surface area contributed by atoms with Gasteiger partial charge in [0.1, 0.15) is 0 Å². The van der Waals surface area contributed by atoms with E-state index in [1.807, 2.05) is 43.3 Å². The van der Waals surface area contributed by atoms with E-state index < -0.39 is 23.3 Å². The highest BCUT2D eigenvalue weighted by molar-refractivity contribution is 6.65. The van der Waals surface area contributed by atoms with Crippen LogP contribution < -0.4 is 0 Å². The van der Waals surface area contributed by atoms with E-state index >= 15 is 0 Å². The quantitative estimate of drug-likeness (QED) is 0.551. The van der Waals surface area contributed by atoms with Crippen molar-refractivity contribution in [1.82, 2.24) is 0 Å². The lowest BCUT2D eigenvalue weighted by atomic mass is 9.85. The summed E-state index contributed by atoms with van der Waals surface area (Å²) in [6.45, 7) is 1.94. The summed E-state index contributed by atoms with van der Waals surface area (Å²) in [6.07, 6.45) is 1.57. The fourth-order valence-electron chi connectivity index (χ4n) is 2.51. The van der Waals surface area contributed by atoms with Gasteiger partial charge in [0.2, 0.25) is 11.6 Å². The molecule has 0 heterocycles. The van der Waals surface area contributed by atoms with E-state index in [0.717, 1.165) is 17.5 Å². The van der Waals surface area contributed by atoms with E-state index in [0.29, 0.717) is 6.42 Å². The largest absolute Gasteiger partial charge is 0.290 e. The molecule has 2 aromatic rings. The molecule has 0 saturated carbocycles. The van der Waals surface area contributed by atoms with Crippen molar-refractivity contribution in [3.8, 4) is 0 Å². The number of benzene rings is 2. The zero-order valence-electron chi connectivity index (χ0n) is 13.2. The standard InChI is InChI=1S/C20H20O3/c1-2-3-14-17(21)19(22)20(23)18(15-10-6-4-7-11-15)16-12-8-5-9-13-16/h4-13,18H,2-3,14H2,1H3. The van der Waals surface area contributed by atoms with Crippen LogP contribution in [0.1, 0.15) is 43.2 Å². The minimum atomic E-state index is -0.892. The van der Waals surface area contributed by atoms with Gasteiger partial charge in [-0.15, -0.1) is 0 Å². The van der Waals surface area contributed by atoms with Crippen LogP contribution in [0.25, 0.3) is 0 Å². The topological polar surface area (TPSA) is 51.2 Å². The Morgan fingerprint density at radius 3 is 1.74 bits per heavy atom. The van der Waals surface area contributed by atoms with E-state index in [1.165, 1.54) is 0 Å². The molecule has 0 atom stereocenters. The molecule has 3 heteroatoms. The third kappa shape index (κ3) is 4.22. The molecule has 3 nitrogen and oxygen atoms in total. The number of Topliss-reactive ketones (excluding diaryl/α,β-unsaturated/α-hetero) is 3. The molecule has 0 spiro atoms. The van der Waals surface area contributed by atoms with Gasteiger partial charge in [0.05, 0.1) is 5.92 Å². The fraction of sp³-hybridized carbons (Fsp3) is 0.250. The molecule has 0 aliphatic heterocycles. The van der Waals surface area contributed by atoms with Crippen LogP contribution >= 0.6 is 0 Å². The first-order valence-electron chi connectivity index (χ1n) is 7.86. The Labute approximate surface area is 136 Å². The summed E-state index contributed by atoms with van der Waals surface area (Å²) in [7, 11) is 0. The van der Waals surface area contributed by atoms with Gasteiger partial charge in [-0.3, -0.25) is 14.4 Å². The Kier molecular flexibility index (Phi) is 5.98. The monoisotopic (exact) mass is 308 g/mol. The van der Waals surface area contributed by atoms with E-state index in [4.69, 9.17) is 0 Å². The van der Waals surface area contributed by atoms with Crippen molar-refractivity contribution in [3.05, 3.63) is 71.8 Å². The van der Waals surface area contributed by atoms with Crippen molar-refractivity contribution in [1.29, 1.82) is 0 Å². The summed E-state index contributed by atoms with van der Waals surface area (Å²) in [6, 6.07) is 18.2. The number of carbonyl (C=O) groups excluding carboxylic acids is 3. The van der Waals surface area contributed by atoms with Gasteiger partial charge in [-0.2, -0.15) is 0 Å². The lowest BCUT2D eigenvalue weighted by Crippen LogP contribution is -2.29. The Bertz CT molecular complexity index is 635. The lowest BCUT2D eigenvalue weighted by molar-refractivity contribution is -0.144. The molecule has 118 valence electrons. The van der Waals surface area contributed by atoms with Gasteiger partial charge in [-0.25, -0.2) is 0 Å². The van der Waals surface area contributed by atoms with Gasteiger partial charge in [0.15, 0.2) is 0 Å². The highest BCUT2D eigenvalue weighted by Crippen LogP contribution is 2.26. The molecule has 0 fully saturated rings. The highest BCUT2D eigenvalue weighted by Gasteiger charge is 2.31. The third-order valence-electron chi connectivity index (χ3n) is 3.76. The van der Waals surface area contributed by atoms with Crippen molar-refractivity contribution in [2.75, 3.05) is 0 Å². The Hall–Kier alpha value is -2.55. The molecule has 0 bridgehead atoms. The van der Waals surface area contributed by atoms with Crippen LogP contribution in [-0.4, -0.2) is 17.3 Å². The number of hydrogen-bond donors (Lipinski definition) is 0. The van der Waals surface area contributed by atoms with Gasteiger partial charge in [0.25, 0.3) is 5.78 Å². The number of carbonyl (C=O) groups is 3. The summed E-state index contributed by atoms with van der Waals surface area (Å²) in [5.41, 5.74) is 1.45. The first-order valence-corrected chi connectivity index (χ1v) is 7.86. The van der Waals surface area contributed by atoms with Crippen molar-refractivity contribution in [2.24, 2.45) is 0 Å². The molecule has 0 aliphatic carbocycles. The average molecular weight is 308 g/mol. The maximum atomic E-state index is 12.7. The van der Waals surface area contributed by atoms with Crippen molar-refractivity contribution >= 4 is 17.3 Å². The Morgan fingerprint density at radius 2 is 1.30 bits per heavy atom. The van der Waals surface area contributed by atoms with Crippen LogP contribution in [0.15, 0.2) is 60.7 Å². The zero-order valence-corrected chi connectivity index (χ0v) is 13.2. The molecular weight excluding hydrogens is 288 g/mol. The highest BCUT2D eigenvalue weighted by atomic mass is 16.2. The SMILES string of the molecule is CCCCC(=O)C(=O)C(=O)C(c1ccccc1)c1ccccc1. The van der Waals surface area contributed by atoms with Crippen molar-refractivity contribution in [2.45, 2.75) is 32.1 Å². The number of rotatable bonds is 8. The maximum Gasteiger partial charge on any atom is 0.265 e. The molecule has 0 aliphatic rings. The van der Waals surface area contributed by atoms with Gasteiger partial charge < -0.3 is 0 Å². The first kappa shape index (κ1) is 16.8. The zero-order chi connectivity index (χ0) is 16.7. The van der Waals surface area contributed by atoms with Gasteiger partial charge in [-0.1, -0.05) is 74.0 Å². The molecule has 0 N–H and O–H groups in total. The van der Waals surface area contributed by atoms with E-state index in [-0.39, 0.29) is 6.42 Å². The summed E-state index contributed by atoms with van der Waals surface area (Å²) in [5, 5.41) is 0. The van der Waals surface area contributed by atoms with Crippen molar-refractivity contribution < 1.29 is 14.4 Å². The number of ketones is 3. The maximum absolute atomic E-state index is 12.7. The van der Waals surface area contributed by atoms with Gasteiger partial charge in [-0.05, 0) is 17.5 Å². The predicted molar refractivity (Wildman–Crippen MR) is 89.3 cm³/mol. The molecule has 2 aromatic carbocycles. The molecule has 0 saturated heterocycles. The minimum Gasteiger partial charge on any atom is -0.290 e. The van der Waals surface area contributed by atoms with Crippen LogP contribution in [0.5, 0.6) is 0 Å². The molecule has 0 aromatic heterocycles. The first-order chi connectivity index (χ1) is 11.1. The molecule has 0 unspecified atom stereocenters. The molecule has 23 heavy (non-hydrogen) atoms. The van der Waals surface area contributed by atoms with E-state index in [1.54, 1.807) is 24.3 Å². The van der Waals surface area contributed by atoms with Crippen LogP contribution in [-0.2, 0) is 14.4 Å². The number of unbranched alkanes of at least 4 members (excludes halogenated alkanes) is 1. The van der Waals surface area contributed by atoms with E-state index in [9.17, 15) is 14.4 Å². The second kappa shape index (κ2) is 8.18. The summed E-state index contributed by atoms with van der Waals surface area (Å²) < 4.78 is 0. The summed E-state index contributed by atoms with van der Waals surface area (Å²) >= 11 is 0. The average Bonchev–Trinajstić information content (AvgIpc) is 2.61. The Morgan fingerprint density at radius 1 is 0.826 bits per heavy atom. The van der Waals surface area contributed by atoms with Crippen LogP contribution in [0, 0.1) is 0 Å². The van der Waals surface area contributed by atoms with Gasteiger partial charge >= 0.3 is 0 Å². The van der Waals surface area contributed by atoms with E-state index in [2.05, 4.69) is 0 Å². The van der Waals surface area contributed by atoms with Gasteiger partial charge in [0, 0.05) is 6.42 Å². The van der Waals surface area contributed by atoms with Crippen LogP contribution in [0.2, 0.25) is 0 Å². The summed E-state index contributed by atoms with van der Waals surface area (Å²) in [5.74, 6) is -2.86. The summed E-state index contributed by atoms with van der Waals surface area (Å²) in [4.78, 5) is 36.9. The Balaban J connectivity index is 2.33. The normalized spacial score (nSPS) is 10.5. The smallest absolute Gasteiger partial charge is 0.265 e. The van der Waals surface area contributed by atoms with Crippen LogP contribution in [0.3, 0.4) is 0 Å². The lowest BCUT2D eigenvalue weighted by Gasteiger charge is -2.15. The molecule has 0 amide bonds. The van der Waals surface area contributed by atoms with Crippen LogP contribution in [0.4, 0.5) is 0 Å².